The van der Waals surface area contributed by atoms with E-state index in [1.165, 1.54) is 34.4 Å². The van der Waals surface area contributed by atoms with Gasteiger partial charge in [0.1, 0.15) is 6.61 Å². The average Bonchev–Trinajstić information content (AvgIpc) is 3.31. The van der Waals surface area contributed by atoms with Crippen LogP contribution in [0.2, 0.25) is 0 Å². The van der Waals surface area contributed by atoms with E-state index in [2.05, 4.69) is 20.8 Å². The van der Waals surface area contributed by atoms with Crippen LogP contribution in [0.4, 0.5) is 14.9 Å². The van der Waals surface area contributed by atoms with E-state index >= 15 is 0 Å². The van der Waals surface area contributed by atoms with Gasteiger partial charge in [-0.05, 0) is 23.1 Å². The van der Waals surface area contributed by atoms with Crippen molar-refractivity contribution in [3.63, 3.8) is 0 Å². The summed E-state index contributed by atoms with van der Waals surface area (Å²) in [6.07, 6.45) is 0. The van der Waals surface area contributed by atoms with Crippen LogP contribution in [0.3, 0.4) is 0 Å². The number of nitrogens with zero attached hydrogens (tertiary/aromatic N) is 2. The quantitative estimate of drug-likeness (QED) is 0.349. The van der Waals surface area contributed by atoms with Gasteiger partial charge >= 0.3 is 12.0 Å². The lowest BCUT2D eigenvalue weighted by Gasteiger charge is -2.03. The third-order valence-electron chi connectivity index (χ3n) is 2.94. The number of amides is 2. The molecule has 3 aromatic rings. The van der Waals surface area contributed by atoms with Gasteiger partial charge in [-0.1, -0.05) is 53.4 Å². The van der Waals surface area contributed by atoms with Gasteiger partial charge in [0.2, 0.25) is 5.13 Å². The number of urea groups is 1. The Kier molecular flexibility index (Phi) is 6.58. The maximum Gasteiger partial charge on any atom is 0.326 e. The number of ether oxygens (including phenoxy) is 1. The van der Waals surface area contributed by atoms with Gasteiger partial charge in [0.15, 0.2) is 4.34 Å². The standard InChI is InChI=1S/C16H14N4O3S3/c21-13(23-9-11-5-2-1-3-6-11)10-25-16-20-19-15(26-16)18-14(22)17-12-7-4-8-24-12/h1-8H,9-10H2,(H2,17,18,19,22). The zero-order chi connectivity index (χ0) is 18.2. The number of nitrogens with one attached hydrogen (secondary N) is 2. The van der Waals surface area contributed by atoms with Crippen LogP contribution in [0.15, 0.2) is 52.2 Å². The molecule has 0 radical (unpaired) electrons. The third kappa shape index (κ3) is 5.83. The zero-order valence-corrected chi connectivity index (χ0v) is 15.8. The number of hydrogen-bond acceptors (Lipinski definition) is 8. The van der Waals surface area contributed by atoms with Crippen molar-refractivity contribution in [2.24, 2.45) is 0 Å². The summed E-state index contributed by atoms with van der Waals surface area (Å²) in [4.78, 5) is 23.6. The smallest absolute Gasteiger partial charge is 0.326 e. The summed E-state index contributed by atoms with van der Waals surface area (Å²) in [6.45, 7) is 0.242. The average molecular weight is 407 g/mol. The van der Waals surface area contributed by atoms with Gasteiger partial charge in [0.25, 0.3) is 0 Å². The third-order valence-corrected chi connectivity index (χ3v) is 5.67. The topological polar surface area (TPSA) is 93.2 Å². The van der Waals surface area contributed by atoms with Crippen molar-refractivity contribution in [3.05, 3.63) is 53.4 Å². The number of aromatic nitrogens is 2. The lowest BCUT2D eigenvalue weighted by Crippen LogP contribution is -2.18. The predicted octanol–water partition coefficient (Wildman–Crippen LogP) is 4.08. The molecule has 3 rings (SSSR count). The van der Waals surface area contributed by atoms with Gasteiger partial charge in [0.05, 0.1) is 10.8 Å². The number of hydrogen-bond donors (Lipinski definition) is 2. The van der Waals surface area contributed by atoms with Crippen molar-refractivity contribution in [3.8, 4) is 0 Å². The highest BCUT2D eigenvalue weighted by molar-refractivity contribution is 8.01. The zero-order valence-electron chi connectivity index (χ0n) is 13.4. The van der Waals surface area contributed by atoms with Gasteiger partial charge in [-0.2, -0.15) is 0 Å². The van der Waals surface area contributed by atoms with Crippen LogP contribution in [0, 0.1) is 0 Å². The number of thiophene rings is 1. The van der Waals surface area contributed by atoms with Crippen LogP contribution in [0.25, 0.3) is 0 Å². The molecular weight excluding hydrogens is 392 g/mol. The molecule has 2 heterocycles. The molecule has 0 aliphatic carbocycles. The van der Waals surface area contributed by atoms with Gasteiger partial charge in [0, 0.05) is 0 Å². The van der Waals surface area contributed by atoms with E-state index in [-0.39, 0.29) is 24.4 Å². The van der Waals surface area contributed by atoms with E-state index in [0.717, 1.165) is 10.6 Å². The molecule has 0 bridgehead atoms. The number of carbonyl (C=O) groups excluding carboxylic acids is 2. The Bertz CT molecular complexity index is 853. The molecule has 2 N–H and O–H groups in total. The number of benzene rings is 1. The summed E-state index contributed by atoms with van der Waals surface area (Å²) in [6, 6.07) is 12.7. The first-order valence-electron chi connectivity index (χ1n) is 7.46. The van der Waals surface area contributed by atoms with Crippen molar-refractivity contribution < 1.29 is 14.3 Å². The molecule has 134 valence electrons. The minimum Gasteiger partial charge on any atom is -0.460 e. The second-order valence-corrected chi connectivity index (χ2v) is 8.01. The molecular formula is C16H14N4O3S3. The number of thioether (sulfide) groups is 1. The van der Waals surface area contributed by atoms with Crippen LogP contribution in [0.1, 0.15) is 5.56 Å². The van der Waals surface area contributed by atoms with E-state index in [9.17, 15) is 9.59 Å². The van der Waals surface area contributed by atoms with Crippen molar-refractivity contribution in [1.82, 2.24) is 10.2 Å². The number of anilines is 2. The Balaban J connectivity index is 1.40. The SMILES string of the molecule is O=C(Nc1cccs1)Nc1nnc(SCC(=O)OCc2ccccc2)s1. The van der Waals surface area contributed by atoms with Gasteiger partial charge in [-0.15, -0.1) is 21.5 Å². The van der Waals surface area contributed by atoms with Crippen LogP contribution in [0.5, 0.6) is 0 Å². The maximum atomic E-state index is 11.8. The first-order valence-corrected chi connectivity index (χ1v) is 10.1. The Hall–Kier alpha value is -2.43. The molecule has 0 atom stereocenters. The molecule has 26 heavy (non-hydrogen) atoms. The van der Waals surface area contributed by atoms with E-state index in [4.69, 9.17) is 4.74 Å². The van der Waals surface area contributed by atoms with Crippen molar-refractivity contribution >= 4 is 56.6 Å². The van der Waals surface area contributed by atoms with E-state index in [0.29, 0.717) is 9.47 Å². The van der Waals surface area contributed by atoms with Crippen LogP contribution >= 0.6 is 34.4 Å². The maximum absolute atomic E-state index is 11.8. The summed E-state index contributed by atoms with van der Waals surface area (Å²) in [5.41, 5.74) is 0.935. The molecule has 7 nitrogen and oxygen atoms in total. The van der Waals surface area contributed by atoms with Crippen LogP contribution < -0.4 is 10.6 Å². The molecule has 0 spiro atoms. The summed E-state index contributed by atoms with van der Waals surface area (Å²) < 4.78 is 5.77. The Labute approximate surface area is 161 Å². The van der Waals surface area contributed by atoms with Gasteiger partial charge in [-0.3, -0.25) is 15.4 Å². The van der Waals surface area contributed by atoms with Crippen molar-refractivity contribution in [2.75, 3.05) is 16.4 Å². The molecule has 0 aliphatic heterocycles. The first kappa shape index (κ1) is 18.4. The molecule has 0 saturated heterocycles. The summed E-state index contributed by atoms with van der Waals surface area (Å²) >= 11 is 3.83. The highest BCUT2D eigenvalue weighted by Crippen LogP contribution is 2.26. The number of rotatable bonds is 7. The normalized spacial score (nSPS) is 10.3. The molecule has 10 heteroatoms. The van der Waals surface area contributed by atoms with Crippen LogP contribution in [-0.2, 0) is 16.1 Å². The summed E-state index contributed by atoms with van der Waals surface area (Å²) in [7, 11) is 0. The lowest BCUT2D eigenvalue weighted by molar-refractivity contribution is -0.141. The molecule has 0 fully saturated rings. The van der Waals surface area contributed by atoms with Crippen LogP contribution in [-0.4, -0.2) is 28.0 Å². The number of esters is 1. The van der Waals surface area contributed by atoms with Gasteiger partial charge in [-0.25, -0.2) is 4.79 Å². The van der Waals surface area contributed by atoms with E-state index in [1.807, 2.05) is 41.8 Å². The minimum atomic E-state index is -0.387. The van der Waals surface area contributed by atoms with E-state index in [1.54, 1.807) is 6.07 Å². The fourth-order valence-electron chi connectivity index (χ4n) is 1.81. The second-order valence-electron chi connectivity index (χ2n) is 4.86. The highest BCUT2D eigenvalue weighted by Gasteiger charge is 2.11. The molecule has 0 aliphatic rings. The summed E-state index contributed by atoms with van der Waals surface area (Å²) in [5, 5.41) is 16.1. The molecule has 2 aromatic heterocycles. The monoisotopic (exact) mass is 406 g/mol. The van der Waals surface area contributed by atoms with E-state index < -0.39 is 0 Å². The fourth-order valence-corrected chi connectivity index (χ4v) is 3.97. The van der Waals surface area contributed by atoms with Gasteiger partial charge < -0.3 is 4.74 Å². The fraction of sp³-hybridized carbons (Fsp3) is 0.125. The Morgan fingerprint density at radius 2 is 1.92 bits per heavy atom. The highest BCUT2D eigenvalue weighted by atomic mass is 32.2. The number of carbonyl (C=O) groups is 2. The molecule has 2 amide bonds. The lowest BCUT2D eigenvalue weighted by atomic mass is 10.2. The first-order chi connectivity index (χ1) is 12.7. The van der Waals surface area contributed by atoms with Crippen molar-refractivity contribution in [1.29, 1.82) is 0 Å². The second kappa shape index (κ2) is 9.32. The minimum absolute atomic E-state index is 0.128. The Morgan fingerprint density at radius 1 is 1.08 bits per heavy atom. The largest absolute Gasteiger partial charge is 0.460 e. The predicted molar refractivity (Wildman–Crippen MR) is 104 cm³/mol. The molecule has 0 unspecified atom stereocenters. The summed E-state index contributed by atoms with van der Waals surface area (Å²) in [5.74, 6) is -0.206. The molecule has 0 saturated carbocycles. The van der Waals surface area contributed by atoms with Crippen molar-refractivity contribution in [2.45, 2.75) is 10.9 Å². The molecule has 1 aromatic carbocycles. The Morgan fingerprint density at radius 3 is 2.69 bits per heavy atom.